The predicted molar refractivity (Wildman–Crippen MR) is 89.5 cm³/mol. The summed E-state index contributed by atoms with van der Waals surface area (Å²) in [6, 6.07) is 9.79. The summed E-state index contributed by atoms with van der Waals surface area (Å²) in [4.78, 5) is 6.72. The van der Waals surface area contributed by atoms with Crippen molar-refractivity contribution >= 4 is 17.7 Å². The number of nitriles is 1. The first-order valence-corrected chi connectivity index (χ1v) is 8.11. The van der Waals surface area contributed by atoms with E-state index in [0.29, 0.717) is 5.56 Å². The lowest BCUT2D eigenvalue weighted by Gasteiger charge is -2.39. The van der Waals surface area contributed by atoms with Gasteiger partial charge in [0.1, 0.15) is 0 Å². The highest BCUT2D eigenvalue weighted by molar-refractivity contribution is 8.00. The molecule has 4 nitrogen and oxygen atoms in total. The molecule has 1 saturated heterocycles. The van der Waals surface area contributed by atoms with Crippen LogP contribution in [0.25, 0.3) is 0 Å². The monoisotopic (exact) mass is 302 g/mol. The number of aliphatic imine (C=N–C) groups is 1. The van der Waals surface area contributed by atoms with Gasteiger partial charge in [0.15, 0.2) is 5.96 Å². The van der Waals surface area contributed by atoms with E-state index in [2.05, 4.69) is 35.1 Å². The first kappa shape index (κ1) is 15.7. The van der Waals surface area contributed by atoms with Crippen LogP contribution in [0.4, 0.5) is 0 Å². The highest BCUT2D eigenvalue weighted by Crippen LogP contribution is 2.29. The van der Waals surface area contributed by atoms with Crippen molar-refractivity contribution in [1.82, 2.24) is 10.2 Å². The van der Waals surface area contributed by atoms with Crippen molar-refractivity contribution in [2.75, 3.05) is 25.9 Å². The predicted octanol–water partition coefficient (Wildman–Crippen LogP) is 2.46. The minimum absolute atomic E-state index is 0.268. The number of nitrogens with one attached hydrogen (secondary N) is 1. The molecule has 1 aromatic carbocycles. The molecule has 0 bridgehead atoms. The molecule has 21 heavy (non-hydrogen) atoms. The lowest BCUT2D eigenvalue weighted by atomic mass is 10.1. The van der Waals surface area contributed by atoms with Crippen LogP contribution in [-0.4, -0.2) is 41.5 Å². The molecular formula is C16H22N4S. The Hall–Kier alpha value is -1.67. The Bertz CT molecular complexity index is 542. The average Bonchev–Trinajstić information content (AvgIpc) is 2.47. The van der Waals surface area contributed by atoms with E-state index in [0.717, 1.165) is 36.9 Å². The van der Waals surface area contributed by atoms with E-state index in [4.69, 9.17) is 5.26 Å². The third-order valence-electron chi connectivity index (χ3n) is 3.47. The Morgan fingerprint density at radius 1 is 1.43 bits per heavy atom. The molecule has 1 heterocycles. The van der Waals surface area contributed by atoms with Crippen LogP contribution in [0.15, 0.2) is 29.3 Å². The molecule has 1 aliphatic heterocycles. The summed E-state index contributed by atoms with van der Waals surface area (Å²) >= 11 is 2.02. The van der Waals surface area contributed by atoms with Crippen LogP contribution in [-0.2, 0) is 6.54 Å². The fraction of sp³-hybridized carbons (Fsp3) is 0.500. The number of hydrogen-bond donors (Lipinski definition) is 1. The number of rotatable bonds is 2. The Labute approximate surface area is 131 Å². The molecular weight excluding hydrogens is 280 g/mol. The third-order valence-corrected chi connectivity index (χ3v) is 4.77. The molecule has 0 unspecified atom stereocenters. The standard InChI is InChI=1S/C16H22N4S/c1-16(2)12-20(8-9-21-16)15(18-3)19-11-14-6-4-13(10-17)5-7-14/h4-7H,8-9,11-12H2,1-3H3,(H,18,19). The number of nitrogens with zero attached hydrogens (tertiary/aromatic N) is 3. The zero-order valence-electron chi connectivity index (χ0n) is 12.9. The fourth-order valence-electron chi connectivity index (χ4n) is 2.41. The summed E-state index contributed by atoms with van der Waals surface area (Å²) in [6.07, 6.45) is 0. The molecule has 1 aromatic rings. The fourth-order valence-corrected chi connectivity index (χ4v) is 3.52. The summed E-state index contributed by atoms with van der Waals surface area (Å²) in [5, 5.41) is 12.2. The summed E-state index contributed by atoms with van der Waals surface area (Å²) in [6.45, 7) is 7.31. The second-order valence-corrected chi connectivity index (χ2v) is 7.54. The van der Waals surface area contributed by atoms with E-state index in [9.17, 15) is 0 Å². The van der Waals surface area contributed by atoms with Crippen LogP contribution in [0.2, 0.25) is 0 Å². The summed E-state index contributed by atoms with van der Waals surface area (Å²) in [5.74, 6) is 2.08. The van der Waals surface area contributed by atoms with Crippen molar-refractivity contribution in [1.29, 1.82) is 5.26 Å². The summed E-state index contributed by atoms with van der Waals surface area (Å²) < 4.78 is 0.268. The topological polar surface area (TPSA) is 51.4 Å². The lowest BCUT2D eigenvalue weighted by Crippen LogP contribution is -2.50. The zero-order valence-corrected chi connectivity index (χ0v) is 13.7. The molecule has 0 aromatic heterocycles. The van der Waals surface area contributed by atoms with E-state index in [1.165, 1.54) is 0 Å². The minimum Gasteiger partial charge on any atom is -0.352 e. The van der Waals surface area contributed by atoms with Crippen LogP contribution in [0, 0.1) is 11.3 Å². The maximum atomic E-state index is 8.81. The highest BCUT2D eigenvalue weighted by atomic mass is 32.2. The Balaban J connectivity index is 1.95. The molecule has 1 N–H and O–H groups in total. The molecule has 1 aliphatic rings. The number of hydrogen-bond acceptors (Lipinski definition) is 3. The van der Waals surface area contributed by atoms with E-state index < -0.39 is 0 Å². The van der Waals surface area contributed by atoms with Gasteiger partial charge in [-0.1, -0.05) is 12.1 Å². The van der Waals surface area contributed by atoms with Crippen molar-refractivity contribution in [2.45, 2.75) is 25.1 Å². The molecule has 0 amide bonds. The van der Waals surface area contributed by atoms with Crippen LogP contribution >= 0.6 is 11.8 Å². The van der Waals surface area contributed by atoms with Gasteiger partial charge in [0.2, 0.25) is 0 Å². The van der Waals surface area contributed by atoms with Crippen LogP contribution in [0.5, 0.6) is 0 Å². The number of benzene rings is 1. The van der Waals surface area contributed by atoms with Gasteiger partial charge in [-0.3, -0.25) is 4.99 Å². The van der Waals surface area contributed by atoms with Gasteiger partial charge >= 0.3 is 0 Å². The maximum absolute atomic E-state index is 8.81. The quantitative estimate of drug-likeness (QED) is 0.673. The van der Waals surface area contributed by atoms with Crippen molar-refractivity contribution < 1.29 is 0 Å². The van der Waals surface area contributed by atoms with Crippen molar-refractivity contribution in [3.8, 4) is 6.07 Å². The van der Waals surface area contributed by atoms with Gasteiger partial charge in [0.05, 0.1) is 11.6 Å². The minimum atomic E-state index is 0.268. The molecule has 0 saturated carbocycles. The molecule has 112 valence electrons. The van der Waals surface area contributed by atoms with E-state index >= 15 is 0 Å². The van der Waals surface area contributed by atoms with E-state index in [1.807, 2.05) is 43.1 Å². The number of thioether (sulfide) groups is 1. The van der Waals surface area contributed by atoms with E-state index in [1.54, 1.807) is 0 Å². The lowest BCUT2D eigenvalue weighted by molar-refractivity contribution is 0.376. The molecule has 2 rings (SSSR count). The Kier molecular flexibility index (Phi) is 5.13. The molecule has 0 atom stereocenters. The van der Waals surface area contributed by atoms with E-state index in [-0.39, 0.29) is 4.75 Å². The zero-order chi connectivity index (χ0) is 15.3. The van der Waals surface area contributed by atoms with Crippen LogP contribution in [0.1, 0.15) is 25.0 Å². The van der Waals surface area contributed by atoms with Gasteiger partial charge in [-0.05, 0) is 31.5 Å². The number of guanidine groups is 1. The normalized spacial score (nSPS) is 18.2. The molecule has 0 radical (unpaired) electrons. The third kappa shape index (κ3) is 4.40. The molecule has 0 aliphatic carbocycles. The summed E-state index contributed by atoms with van der Waals surface area (Å²) in [5.41, 5.74) is 1.85. The average molecular weight is 302 g/mol. The van der Waals surface area contributed by atoms with Crippen molar-refractivity contribution in [3.63, 3.8) is 0 Å². The first-order valence-electron chi connectivity index (χ1n) is 7.13. The van der Waals surface area contributed by atoms with Gasteiger partial charge in [0, 0.05) is 37.2 Å². The van der Waals surface area contributed by atoms with Crippen LogP contribution in [0.3, 0.4) is 0 Å². The second-order valence-electron chi connectivity index (χ2n) is 5.74. The Morgan fingerprint density at radius 2 is 2.14 bits per heavy atom. The van der Waals surface area contributed by atoms with Gasteiger partial charge < -0.3 is 10.2 Å². The Morgan fingerprint density at radius 3 is 2.71 bits per heavy atom. The van der Waals surface area contributed by atoms with Crippen LogP contribution < -0.4 is 5.32 Å². The largest absolute Gasteiger partial charge is 0.352 e. The van der Waals surface area contributed by atoms with Gasteiger partial charge in [-0.15, -0.1) is 0 Å². The molecule has 0 spiro atoms. The van der Waals surface area contributed by atoms with Gasteiger partial charge in [-0.2, -0.15) is 17.0 Å². The highest BCUT2D eigenvalue weighted by Gasteiger charge is 2.28. The molecule has 1 fully saturated rings. The van der Waals surface area contributed by atoms with Crippen molar-refractivity contribution in [2.24, 2.45) is 4.99 Å². The molecule has 5 heteroatoms. The SMILES string of the molecule is CN=C(NCc1ccc(C#N)cc1)N1CCSC(C)(C)C1. The maximum Gasteiger partial charge on any atom is 0.193 e. The first-order chi connectivity index (χ1) is 10.0. The summed E-state index contributed by atoms with van der Waals surface area (Å²) in [7, 11) is 1.83. The van der Waals surface area contributed by atoms with Gasteiger partial charge in [0.25, 0.3) is 0 Å². The second kappa shape index (κ2) is 6.86. The van der Waals surface area contributed by atoms with Gasteiger partial charge in [-0.25, -0.2) is 0 Å². The smallest absolute Gasteiger partial charge is 0.193 e. The van der Waals surface area contributed by atoms with Crippen molar-refractivity contribution in [3.05, 3.63) is 35.4 Å².